The zero-order chi connectivity index (χ0) is 17.8. The molecule has 0 radical (unpaired) electrons. The molecule has 0 aliphatic rings. The van der Waals surface area contributed by atoms with Crippen LogP contribution in [0.4, 0.5) is 0 Å². The molecule has 3 heteroatoms. The Morgan fingerprint density at radius 1 is 1.08 bits per heavy atom. The number of amides is 1. The Bertz CT molecular complexity index is 896. The summed E-state index contributed by atoms with van der Waals surface area (Å²) in [5, 5.41) is 5.37. The van der Waals surface area contributed by atoms with Gasteiger partial charge in [-0.25, -0.2) is 0 Å². The number of aryl methyl sites for hydroxylation is 1. The van der Waals surface area contributed by atoms with Gasteiger partial charge in [0.25, 0.3) is 0 Å². The van der Waals surface area contributed by atoms with E-state index in [0.717, 1.165) is 33.2 Å². The molecule has 0 aliphatic carbocycles. The van der Waals surface area contributed by atoms with Crippen molar-refractivity contribution in [2.24, 2.45) is 0 Å². The molecule has 1 atom stereocenters. The molecule has 0 saturated carbocycles. The van der Waals surface area contributed by atoms with Crippen molar-refractivity contribution in [3.8, 4) is 5.75 Å². The molecule has 0 spiro atoms. The Morgan fingerprint density at radius 3 is 2.64 bits per heavy atom. The van der Waals surface area contributed by atoms with Crippen LogP contribution >= 0.6 is 0 Å². The van der Waals surface area contributed by atoms with Crippen LogP contribution in [0.2, 0.25) is 0 Å². The summed E-state index contributed by atoms with van der Waals surface area (Å²) < 4.78 is 5.43. The Labute approximate surface area is 148 Å². The largest absolute Gasteiger partial charge is 0.496 e. The van der Waals surface area contributed by atoms with Crippen molar-refractivity contribution >= 4 is 16.7 Å². The van der Waals surface area contributed by atoms with Crippen LogP contribution in [0.5, 0.6) is 5.75 Å². The quantitative estimate of drug-likeness (QED) is 0.742. The van der Waals surface area contributed by atoms with Crippen molar-refractivity contribution < 1.29 is 9.53 Å². The van der Waals surface area contributed by atoms with Gasteiger partial charge in [0.15, 0.2) is 0 Å². The van der Waals surface area contributed by atoms with Gasteiger partial charge in [-0.15, -0.1) is 0 Å². The molecule has 3 aromatic rings. The fourth-order valence-corrected chi connectivity index (χ4v) is 3.18. The predicted octanol–water partition coefficient (Wildman–Crippen LogP) is 4.58. The predicted molar refractivity (Wildman–Crippen MR) is 102 cm³/mol. The molecular formula is C22H23NO2. The first-order valence-electron chi connectivity index (χ1n) is 8.49. The summed E-state index contributed by atoms with van der Waals surface area (Å²) in [6.45, 7) is 4.02. The minimum atomic E-state index is -0.114. The fourth-order valence-electron chi connectivity index (χ4n) is 3.18. The lowest BCUT2D eigenvalue weighted by atomic mass is 10.0. The van der Waals surface area contributed by atoms with Crippen LogP contribution in [0.25, 0.3) is 10.8 Å². The van der Waals surface area contributed by atoms with Gasteiger partial charge >= 0.3 is 0 Å². The van der Waals surface area contributed by atoms with Crippen LogP contribution in [0.1, 0.15) is 29.7 Å². The van der Waals surface area contributed by atoms with Gasteiger partial charge in [-0.05, 0) is 36.2 Å². The molecule has 0 unspecified atom stereocenters. The number of carbonyl (C=O) groups excluding carboxylic acids is 1. The van der Waals surface area contributed by atoms with Crippen molar-refractivity contribution in [1.29, 1.82) is 0 Å². The summed E-state index contributed by atoms with van der Waals surface area (Å²) in [5.74, 6) is 0.802. The van der Waals surface area contributed by atoms with Crippen molar-refractivity contribution in [2.75, 3.05) is 7.11 Å². The smallest absolute Gasteiger partial charge is 0.224 e. The topological polar surface area (TPSA) is 38.3 Å². The highest BCUT2D eigenvalue weighted by molar-refractivity contribution is 5.90. The van der Waals surface area contributed by atoms with Gasteiger partial charge in [0.2, 0.25) is 5.91 Å². The maximum Gasteiger partial charge on any atom is 0.224 e. The Morgan fingerprint density at radius 2 is 1.84 bits per heavy atom. The second-order valence-electron chi connectivity index (χ2n) is 6.35. The first-order chi connectivity index (χ1) is 12.1. The Kier molecular flexibility index (Phi) is 5.03. The molecule has 3 aromatic carbocycles. The molecule has 25 heavy (non-hydrogen) atoms. The molecule has 3 rings (SSSR count). The van der Waals surface area contributed by atoms with E-state index in [9.17, 15) is 4.79 Å². The van der Waals surface area contributed by atoms with Gasteiger partial charge in [-0.2, -0.15) is 0 Å². The zero-order valence-corrected chi connectivity index (χ0v) is 14.9. The number of fused-ring (bicyclic) bond motifs is 1. The van der Waals surface area contributed by atoms with Gasteiger partial charge < -0.3 is 10.1 Å². The third-order valence-electron chi connectivity index (χ3n) is 4.46. The third-order valence-corrected chi connectivity index (χ3v) is 4.46. The first-order valence-corrected chi connectivity index (χ1v) is 8.49. The number of nitrogens with one attached hydrogen (secondary N) is 1. The average Bonchev–Trinajstić information content (AvgIpc) is 2.62. The highest BCUT2D eigenvalue weighted by Crippen LogP contribution is 2.26. The zero-order valence-electron chi connectivity index (χ0n) is 14.9. The SMILES string of the molecule is COc1ccc(C)cc1[C@@H](C)NC(=O)Cc1cccc2ccccc12. The third kappa shape index (κ3) is 3.82. The van der Waals surface area contributed by atoms with Crippen LogP contribution in [0.15, 0.2) is 60.7 Å². The van der Waals surface area contributed by atoms with E-state index in [0.29, 0.717) is 6.42 Å². The lowest BCUT2D eigenvalue weighted by Crippen LogP contribution is -2.28. The molecule has 1 amide bonds. The van der Waals surface area contributed by atoms with E-state index in [1.807, 2.05) is 50.2 Å². The number of carbonyl (C=O) groups is 1. The number of ether oxygens (including phenoxy) is 1. The van der Waals surface area contributed by atoms with E-state index in [4.69, 9.17) is 4.74 Å². The molecule has 3 nitrogen and oxygen atoms in total. The number of rotatable bonds is 5. The monoisotopic (exact) mass is 333 g/mol. The minimum Gasteiger partial charge on any atom is -0.496 e. The number of benzene rings is 3. The lowest BCUT2D eigenvalue weighted by Gasteiger charge is -2.18. The van der Waals surface area contributed by atoms with E-state index in [1.54, 1.807) is 7.11 Å². The van der Waals surface area contributed by atoms with Gasteiger partial charge in [0, 0.05) is 5.56 Å². The van der Waals surface area contributed by atoms with Crippen LogP contribution < -0.4 is 10.1 Å². The maximum absolute atomic E-state index is 12.6. The van der Waals surface area contributed by atoms with E-state index in [2.05, 4.69) is 29.6 Å². The van der Waals surface area contributed by atoms with Gasteiger partial charge in [-0.3, -0.25) is 4.79 Å². The van der Waals surface area contributed by atoms with Crippen molar-refractivity contribution in [3.05, 3.63) is 77.4 Å². The second kappa shape index (κ2) is 7.39. The van der Waals surface area contributed by atoms with Crippen molar-refractivity contribution in [2.45, 2.75) is 26.3 Å². The summed E-state index contributed by atoms with van der Waals surface area (Å²) in [5.41, 5.74) is 3.18. The molecule has 0 saturated heterocycles. The highest BCUT2D eigenvalue weighted by atomic mass is 16.5. The van der Waals surface area contributed by atoms with E-state index in [-0.39, 0.29) is 11.9 Å². The molecule has 0 aliphatic heterocycles. The number of hydrogen-bond acceptors (Lipinski definition) is 2. The van der Waals surface area contributed by atoms with Crippen LogP contribution in [0, 0.1) is 6.92 Å². The molecule has 0 fully saturated rings. The minimum absolute atomic E-state index is 0.00686. The molecule has 0 bridgehead atoms. The lowest BCUT2D eigenvalue weighted by molar-refractivity contribution is -0.121. The summed E-state index contributed by atoms with van der Waals surface area (Å²) in [4.78, 5) is 12.6. The Balaban J connectivity index is 1.77. The van der Waals surface area contributed by atoms with Gasteiger partial charge in [0.1, 0.15) is 5.75 Å². The number of hydrogen-bond donors (Lipinski definition) is 1. The van der Waals surface area contributed by atoms with Crippen molar-refractivity contribution in [3.63, 3.8) is 0 Å². The highest BCUT2D eigenvalue weighted by Gasteiger charge is 2.15. The fraction of sp³-hybridized carbons (Fsp3) is 0.227. The molecule has 0 heterocycles. The van der Waals surface area contributed by atoms with E-state index in [1.165, 1.54) is 0 Å². The Hall–Kier alpha value is -2.81. The molecular weight excluding hydrogens is 310 g/mol. The standard InChI is InChI=1S/C22H23NO2/c1-15-11-12-21(25-3)20(13-15)16(2)23-22(24)14-18-9-6-8-17-7-4-5-10-19(17)18/h4-13,16H,14H2,1-3H3,(H,23,24)/t16-/m1/s1. The van der Waals surface area contributed by atoms with Crippen LogP contribution in [-0.2, 0) is 11.2 Å². The van der Waals surface area contributed by atoms with E-state index < -0.39 is 0 Å². The summed E-state index contributed by atoms with van der Waals surface area (Å²) in [6.07, 6.45) is 0.361. The second-order valence-corrected chi connectivity index (χ2v) is 6.35. The first kappa shape index (κ1) is 17.0. The number of methoxy groups -OCH3 is 1. The molecule has 0 aromatic heterocycles. The average molecular weight is 333 g/mol. The molecule has 1 N–H and O–H groups in total. The summed E-state index contributed by atoms with van der Waals surface area (Å²) in [7, 11) is 1.65. The van der Waals surface area contributed by atoms with Gasteiger partial charge in [0.05, 0.1) is 19.6 Å². The van der Waals surface area contributed by atoms with Crippen LogP contribution in [-0.4, -0.2) is 13.0 Å². The van der Waals surface area contributed by atoms with Gasteiger partial charge in [-0.1, -0.05) is 60.2 Å². The summed E-state index contributed by atoms with van der Waals surface area (Å²) in [6, 6.07) is 20.1. The maximum atomic E-state index is 12.6. The molecule has 128 valence electrons. The van der Waals surface area contributed by atoms with Crippen molar-refractivity contribution in [1.82, 2.24) is 5.32 Å². The van der Waals surface area contributed by atoms with Crippen LogP contribution in [0.3, 0.4) is 0 Å². The normalized spacial score (nSPS) is 12.0. The van der Waals surface area contributed by atoms with E-state index >= 15 is 0 Å². The summed E-state index contributed by atoms with van der Waals surface area (Å²) >= 11 is 0.